The Bertz CT molecular complexity index is 219. The Hall–Kier alpha value is -1.11. The van der Waals surface area contributed by atoms with Crippen molar-refractivity contribution >= 4 is 5.71 Å². The molecule has 11 heavy (non-hydrogen) atoms. The molecule has 0 aliphatic carbocycles. The van der Waals surface area contributed by atoms with Gasteiger partial charge < -0.3 is 0 Å². The smallest absolute Gasteiger partial charge is 0.0378 e. The van der Waals surface area contributed by atoms with Crippen LogP contribution in [0.2, 0.25) is 0 Å². The molecule has 1 nitrogen and oxygen atoms in total. The third kappa shape index (κ3) is 5.34. The first-order valence-electron chi connectivity index (χ1n) is 3.58. The molecule has 0 saturated heterocycles. The fourth-order valence-electron chi connectivity index (χ4n) is 0.722. The highest BCUT2D eigenvalue weighted by Gasteiger charge is 1.85. The van der Waals surface area contributed by atoms with Crippen LogP contribution in [0.15, 0.2) is 41.6 Å². The number of aliphatic imine (C=N–C) groups is 1. The Kier molecular flexibility index (Phi) is 4.20. The second kappa shape index (κ2) is 4.67. The maximum atomic E-state index is 4.16. The predicted octanol–water partition coefficient (Wildman–Crippen LogP) is 3.11. The average Bonchev–Trinajstić information content (AvgIpc) is 1.85. The lowest BCUT2D eigenvalue weighted by Gasteiger charge is -1.93. The van der Waals surface area contributed by atoms with Crippen molar-refractivity contribution in [3.63, 3.8) is 0 Å². The van der Waals surface area contributed by atoms with E-state index in [9.17, 15) is 0 Å². The molecule has 0 amide bonds. The molecule has 0 aromatic heterocycles. The molecule has 0 atom stereocenters. The van der Waals surface area contributed by atoms with Gasteiger partial charge in [-0.1, -0.05) is 19.2 Å². The van der Waals surface area contributed by atoms with Gasteiger partial charge in [-0.2, -0.15) is 0 Å². The third-order valence-electron chi connectivity index (χ3n) is 1.13. The van der Waals surface area contributed by atoms with E-state index in [-0.39, 0.29) is 0 Å². The number of hydrogen-bond donors (Lipinski definition) is 0. The van der Waals surface area contributed by atoms with Crippen molar-refractivity contribution in [2.24, 2.45) is 4.99 Å². The quantitative estimate of drug-likeness (QED) is 0.432. The van der Waals surface area contributed by atoms with Gasteiger partial charge in [0, 0.05) is 11.4 Å². The molecule has 0 spiro atoms. The second-order valence-electron chi connectivity index (χ2n) is 2.58. The molecule has 60 valence electrons. The van der Waals surface area contributed by atoms with Crippen LogP contribution in [-0.4, -0.2) is 5.71 Å². The van der Waals surface area contributed by atoms with E-state index in [0.717, 1.165) is 17.0 Å². The molecule has 0 heterocycles. The molecule has 0 bridgehead atoms. The highest BCUT2D eigenvalue weighted by molar-refractivity contribution is 5.94. The first kappa shape index (κ1) is 9.89. The summed E-state index contributed by atoms with van der Waals surface area (Å²) in [4.78, 5) is 4.16. The van der Waals surface area contributed by atoms with Gasteiger partial charge in [0.25, 0.3) is 0 Å². The van der Waals surface area contributed by atoms with E-state index in [1.54, 1.807) is 6.08 Å². The van der Waals surface area contributed by atoms with Gasteiger partial charge in [-0.05, 0) is 32.4 Å². The first-order chi connectivity index (χ1) is 5.06. The van der Waals surface area contributed by atoms with Crippen molar-refractivity contribution in [2.75, 3.05) is 0 Å². The van der Waals surface area contributed by atoms with Crippen LogP contribution < -0.4 is 0 Å². The second-order valence-corrected chi connectivity index (χ2v) is 2.58. The summed E-state index contributed by atoms with van der Waals surface area (Å²) < 4.78 is 0. The molecular formula is C10H15N. The minimum atomic E-state index is 0.829. The highest BCUT2D eigenvalue weighted by atomic mass is 14.7. The Morgan fingerprint density at radius 1 is 1.27 bits per heavy atom. The zero-order chi connectivity index (χ0) is 8.85. The van der Waals surface area contributed by atoms with Crippen LogP contribution in [-0.2, 0) is 0 Å². The highest BCUT2D eigenvalue weighted by Crippen LogP contribution is 1.97. The van der Waals surface area contributed by atoms with Crippen LogP contribution in [0.25, 0.3) is 0 Å². The van der Waals surface area contributed by atoms with Gasteiger partial charge in [0.1, 0.15) is 0 Å². The fraction of sp³-hybridized carbons (Fsp3) is 0.300. The molecule has 0 aromatic rings. The Morgan fingerprint density at radius 3 is 2.18 bits per heavy atom. The normalized spacial score (nSPS) is 13.0. The molecular weight excluding hydrogens is 134 g/mol. The van der Waals surface area contributed by atoms with E-state index in [1.807, 2.05) is 26.8 Å². The number of nitrogens with zero attached hydrogens (tertiary/aromatic N) is 1. The monoisotopic (exact) mass is 149 g/mol. The average molecular weight is 149 g/mol. The largest absolute Gasteiger partial charge is 0.259 e. The topological polar surface area (TPSA) is 12.4 Å². The standard InChI is InChI=1S/C10H15N/c1-6-9(4)7-10(5)11-8(2)3/h6-7H,1-2H2,3-5H3/b9-7-,11-10?. The molecule has 0 N–H and O–H groups in total. The van der Waals surface area contributed by atoms with Crippen molar-refractivity contribution in [3.05, 3.63) is 36.6 Å². The van der Waals surface area contributed by atoms with Gasteiger partial charge >= 0.3 is 0 Å². The lowest BCUT2D eigenvalue weighted by Crippen LogP contribution is -1.85. The van der Waals surface area contributed by atoms with E-state index >= 15 is 0 Å². The minimum absolute atomic E-state index is 0.829. The minimum Gasteiger partial charge on any atom is -0.259 e. The first-order valence-corrected chi connectivity index (χ1v) is 3.58. The zero-order valence-electron chi connectivity index (χ0n) is 7.52. The van der Waals surface area contributed by atoms with Gasteiger partial charge in [-0.15, -0.1) is 0 Å². The van der Waals surface area contributed by atoms with Crippen molar-refractivity contribution in [1.82, 2.24) is 0 Å². The van der Waals surface area contributed by atoms with Crippen LogP contribution in [0.5, 0.6) is 0 Å². The van der Waals surface area contributed by atoms with Crippen molar-refractivity contribution < 1.29 is 0 Å². The molecule has 0 unspecified atom stereocenters. The molecule has 0 aliphatic heterocycles. The van der Waals surface area contributed by atoms with Crippen LogP contribution in [0, 0.1) is 0 Å². The summed E-state index contributed by atoms with van der Waals surface area (Å²) in [7, 11) is 0. The summed E-state index contributed by atoms with van der Waals surface area (Å²) in [5, 5.41) is 0. The molecule has 0 radical (unpaired) electrons. The van der Waals surface area contributed by atoms with Crippen molar-refractivity contribution in [2.45, 2.75) is 20.8 Å². The van der Waals surface area contributed by atoms with Crippen LogP contribution in [0.4, 0.5) is 0 Å². The van der Waals surface area contributed by atoms with Gasteiger partial charge in [0.15, 0.2) is 0 Å². The number of hydrogen-bond acceptors (Lipinski definition) is 1. The molecule has 0 saturated carbocycles. The molecule has 0 aromatic carbocycles. The van der Waals surface area contributed by atoms with Crippen LogP contribution in [0.3, 0.4) is 0 Å². The predicted molar refractivity (Wildman–Crippen MR) is 51.9 cm³/mol. The maximum Gasteiger partial charge on any atom is 0.0378 e. The van der Waals surface area contributed by atoms with Gasteiger partial charge in [0.2, 0.25) is 0 Å². The van der Waals surface area contributed by atoms with Crippen molar-refractivity contribution in [3.8, 4) is 0 Å². The van der Waals surface area contributed by atoms with Crippen LogP contribution in [0.1, 0.15) is 20.8 Å². The third-order valence-corrected chi connectivity index (χ3v) is 1.13. The summed E-state index contributed by atoms with van der Waals surface area (Å²) in [6.07, 6.45) is 3.78. The Balaban J connectivity index is 4.38. The van der Waals surface area contributed by atoms with Crippen molar-refractivity contribution in [1.29, 1.82) is 0 Å². The van der Waals surface area contributed by atoms with E-state index in [1.165, 1.54) is 0 Å². The molecule has 0 rings (SSSR count). The maximum absolute atomic E-state index is 4.16. The van der Waals surface area contributed by atoms with Gasteiger partial charge in [-0.3, -0.25) is 4.99 Å². The molecule has 0 fully saturated rings. The Labute approximate surface area is 68.9 Å². The van der Waals surface area contributed by atoms with Gasteiger partial charge in [-0.25, -0.2) is 0 Å². The van der Waals surface area contributed by atoms with E-state index in [4.69, 9.17) is 0 Å². The summed E-state index contributed by atoms with van der Waals surface area (Å²) in [6, 6.07) is 0. The number of allylic oxidation sites excluding steroid dienone is 4. The van der Waals surface area contributed by atoms with Crippen LogP contribution >= 0.6 is 0 Å². The molecule has 1 heteroatoms. The summed E-state index contributed by atoms with van der Waals surface area (Å²) in [5.74, 6) is 0. The zero-order valence-corrected chi connectivity index (χ0v) is 7.52. The number of rotatable bonds is 3. The lowest BCUT2D eigenvalue weighted by molar-refractivity contribution is 1.32. The Morgan fingerprint density at radius 2 is 1.82 bits per heavy atom. The van der Waals surface area contributed by atoms with E-state index in [0.29, 0.717) is 0 Å². The van der Waals surface area contributed by atoms with Gasteiger partial charge in [0.05, 0.1) is 0 Å². The lowest BCUT2D eigenvalue weighted by atomic mass is 10.2. The summed E-state index contributed by atoms with van der Waals surface area (Å²) >= 11 is 0. The SMILES string of the molecule is C=C/C(C)=C\C(C)=NC(=C)C. The summed E-state index contributed by atoms with van der Waals surface area (Å²) in [6.45, 7) is 13.1. The summed E-state index contributed by atoms with van der Waals surface area (Å²) in [5.41, 5.74) is 2.91. The fourth-order valence-corrected chi connectivity index (χ4v) is 0.722. The van der Waals surface area contributed by atoms with E-state index < -0.39 is 0 Å². The van der Waals surface area contributed by atoms with E-state index in [2.05, 4.69) is 18.2 Å². The molecule has 0 aliphatic rings.